The Labute approximate surface area is 113 Å². The summed E-state index contributed by atoms with van der Waals surface area (Å²) in [5.74, 6) is -2.22. The third-order valence-electron chi connectivity index (χ3n) is 2.30. The van der Waals surface area contributed by atoms with E-state index >= 15 is 0 Å². The molecule has 0 aliphatic heterocycles. The summed E-state index contributed by atoms with van der Waals surface area (Å²) in [6, 6.07) is 3.62. The van der Waals surface area contributed by atoms with Gasteiger partial charge in [0, 0.05) is 12.6 Å². The smallest absolute Gasteiger partial charge is 0.315 e. The van der Waals surface area contributed by atoms with Crippen molar-refractivity contribution < 1.29 is 19.9 Å². The van der Waals surface area contributed by atoms with Gasteiger partial charge in [-0.25, -0.2) is 0 Å². The highest BCUT2D eigenvalue weighted by Gasteiger charge is 2.19. The molecule has 1 aromatic carbocycles. The number of benzene rings is 1. The average Bonchev–Trinajstić information content (AvgIpc) is 2.39. The maximum Gasteiger partial charge on any atom is 0.315 e. The fourth-order valence-corrected chi connectivity index (χ4v) is 1.42. The Morgan fingerprint density at radius 2 is 2.20 bits per heavy atom. The number of amides is 1. The molecule has 0 radical (unpaired) electrons. The molecule has 0 bridgehead atoms. The molecule has 0 spiro atoms. The molecule has 3 N–H and O–H groups in total. The molecule has 0 aliphatic rings. The van der Waals surface area contributed by atoms with E-state index < -0.39 is 28.0 Å². The Morgan fingerprint density at radius 1 is 1.55 bits per heavy atom. The molecule has 1 amide bonds. The number of phenols is 2. The summed E-state index contributed by atoms with van der Waals surface area (Å²) in [7, 11) is 0. The molecular formula is C12H11N3O5. The molecule has 0 saturated heterocycles. The first-order valence-corrected chi connectivity index (χ1v) is 5.51. The predicted octanol–water partition coefficient (Wildman–Crippen LogP) is 1.05. The van der Waals surface area contributed by atoms with Crippen molar-refractivity contribution in [3.63, 3.8) is 0 Å². The molecule has 20 heavy (non-hydrogen) atoms. The summed E-state index contributed by atoms with van der Waals surface area (Å²) >= 11 is 0. The minimum Gasteiger partial charge on any atom is -0.504 e. The molecule has 0 fully saturated rings. The van der Waals surface area contributed by atoms with Gasteiger partial charge in [0.25, 0.3) is 5.91 Å². The van der Waals surface area contributed by atoms with Gasteiger partial charge >= 0.3 is 5.69 Å². The molecule has 8 nitrogen and oxygen atoms in total. The molecule has 0 unspecified atom stereocenters. The van der Waals surface area contributed by atoms with Crippen LogP contribution in [0.5, 0.6) is 11.5 Å². The van der Waals surface area contributed by atoms with E-state index in [2.05, 4.69) is 5.32 Å². The topological polar surface area (TPSA) is 136 Å². The van der Waals surface area contributed by atoms with Gasteiger partial charge in [-0.05, 0) is 24.6 Å². The largest absolute Gasteiger partial charge is 0.504 e. The number of nitro groups is 1. The van der Waals surface area contributed by atoms with Crippen LogP contribution in [0.2, 0.25) is 0 Å². The first-order valence-electron chi connectivity index (χ1n) is 5.51. The van der Waals surface area contributed by atoms with E-state index in [1.54, 1.807) is 13.0 Å². The van der Waals surface area contributed by atoms with Crippen molar-refractivity contribution in [3.05, 3.63) is 33.4 Å². The zero-order valence-electron chi connectivity index (χ0n) is 10.5. The number of nitriles is 1. The van der Waals surface area contributed by atoms with Crippen molar-refractivity contribution in [1.82, 2.24) is 5.32 Å². The Morgan fingerprint density at radius 3 is 2.70 bits per heavy atom. The fourth-order valence-electron chi connectivity index (χ4n) is 1.42. The van der Waals surface area contributed by atoms with E-state index in [-0.39, 0.29) is 11.1 Å². The van der Waals surface area contributed by atoms with Crippen molar-refractivity contribution in [1.29, 1.82) is 5.26 Å². The van der Waals surface area contributed by atoms with Crippen LogP contribution in [0.25, 0.3) is 6.08 Å². The van der Waals surface area contributed by atoms with E-state index in [1.165, 1.54) is 0 Å². The number of rotatable bonds is 4. The molecule has 104 valence electrons. The summed E-state index contributed by atoms with van der Waals surface area (Å²) in [5.41, 5.74) is -0.939. The fraction of sp³-hybridized carbons (Fsp3) is 0.167. The maximum atomic E-state index is 11.5. The molecular weight excluding hydrogens is 266 g/mol. The number of carbonyl (C=O) groups excluding carboxylic acids is 1. The lowest BCUT2D eigenvalue weighted by Gasteiger charge is -2.03. The van der Waals surface area contributed by atoms with E-state index in [4.69, 9.17) is 5.26 Å². The second-order valence-corrected chi connectivity index (χ2v) is 3.69. The highest BCUT2D eigenvalue weighted by atomic mass is 16.6. The van der Waals surface area contributed by atoms with Gasteiger partial charge in [0.2, 0.25) is 5.75 Å². The minimum absolute atomic E-state index is 0.0507. The third-order valence-corrected chi connectivity index (χ3v) is 2.30. The Hall–Kier alpha value is -3.08. The molecule has 0 saturated carbocycles. The van der Waals surface area contributed by atoms with Crippen LogP contribution in [0, 0.1) is 21.4 Å². The van der Waals surface area contributed by atoms with Gasteiger partial charge in [-0.15, -0.1) is 0 Å². The van der Waals surface area contributed by atoms with Crippen molar-refractivity contribution in [2.75, 3.05) is 6.54 Å². The molecule has 0 heterocycles. The van der Waals surface area contributed by atoms with E-state index in [9.17, 15) is 25.1 Å². The summed E-state index contributed by atoms with van der Waals surface area (Å²) in [4.78, 5) is 21.3. The minimum atomic E-state index is -0.884. The van der Waals surface area contributed by atoms with Crippen molar-refractivity contribution in [2.24, 2.45) is 0 Å². The molecule has 0 aliphatic carbocycles. The monoisotopic (exact) mass is 277 g/mol. The molecule has 0 atom stereocenters. The predicted molar refractivity (Wildman–Crippen MR) is 68.7 cm³/mol. The standard InChI is InChI=1S/C12H11N3O5/c1-2-14-12(18)8(6-13)3-7-4-9(15(19)20)11(17)10(16)5-7/h3-5,16-17H,2H2,1H3,(H,14,18)/b8-3+. The lowest BCUT2D eigenvalue weighted by Crippen LogP contribution is -2.23. The number of phenolic OH excluding ortho intramolecular Hbond substituents is 2. The summed E-state index contributed by atoms with van der Waals surface area (Å²) < 4.78 is 0. The van der Waals surface area contributed by atoms with Gasteiger partial charge in [-0.1, -0.05) is 0 Å². The summed E-state index contributed by atoms with van der Waals surface area (Å²) in [6.07, 6.45) is 1.08. The van der Waals surface area contributed by atoms with Crippen molar-refractivity contribution in [2.45, 2.75) is 6.92 Å². The SMILES string of the molecule is CCNC(=O)/C(C#N)=C/c1cc(O)c(O)c([N+](=O)[O-])c1. The van der Waals surface area contributed by atoms with Crippen LogP contribution in [0.3, 0.4) is 0 Å². The Balaban J connectivity index is 3.30. The van der Waals surface area contributed by atoms with Gasteiger partial charge in [-0.2, -0.15) is 5.26 Å². The maximum absolute atomic E-state index is 11.5. The Bertz CT molecular complexity index is 631. The molecule has 0 aromatic heterocycles. The average molecular weight is 277 g/mol. The third kappa shape index (κ3) is 3.23. The molecule has 8 heteroatoms. The first kappa shape index (κ1) is 15.0. The zero-order valence-corrected chi connectivity index (χ0v) is 10.5. The lowest BCUT2D eigenvalue weighted by atomic mass is 10.1. The van der Waals surface area contributed by atoms with Gasteiger partial charge in [-0.3, -0.25) is 14.9 Å². The number of nitro benzene ring substituents is 1. The van der Waals surface area contributed by atoms with Crippen LogP contribution in [-0.4, -0.2) is 27.6 Å². The quantitative estimate of drug-likeness (QED) is 0.247. The van der Waals surface area contributed by atoms with E-state index in [0.717, 1.165) is 18.2 Å². The van der Waals surface area contributed by atoms with Crippen LogP contribution in [0.4, 0.5) is 5.69 Å². The van der Waals surface area contributed by atoms with Gasteiger partial charge < -0.3 is 15.5 Å². The lowest BCUT2D eigenvalue weighted by molar-refractivity contribution is -0.386. The number of nitrogens with zero attached hydrogens (tertiary/aromatic N) is 2. The van der Waals surface area contributed by atoms with E-state index in [1.807, 2.05) is 0 Å². The van der Waals surface area contributed by atoms with Crippen LogP contribution in [-0.2, 0) is 4.79 Å². The number of likely N-dealkylation sites (N-methyl/N-ethyl adjacent to an activating group) is 1. The van der Waals surface area contributed by atoms with Crippen LogP contribution < -0.4 is 5.32 Å². The highest BCUT2D eigenvalue weighted by molar-refractivity contribution is 6.01. The zero-order chi connectivity index (χ0) is 15.3. The van der Waals surface area contributed by atoms with Crippen molar-refractivity contribution >= 4 is 17.7 Å². The summed E-state index contributed by atoms with van der Waals surface area (Å²) in [5, 5.41) is 40.7. The van der Waals surface area contributed by atoms with Crippen LogP contribution in [0.15, 0.2) is 17.7 Å². The second kappa shape index (κ2) is 6.19. The number of carbonyl (C=O) groups is 1. The first-order chi connectivity index (χ1) is 9.40. The van der Waals surface area contributed by atoms with Gasteiger partial charge in [0.1, 0.15) is 11.6 Å². The number of aromatic hydroxyl groups is 2. The van der Waals surface area contributed by atoms with Crippen molar-refractivity contribution in [3.8, 4) is 17.6 Å². The highest BCUT2D eigenvalue weighted by Crippen LogP contribution is 2.36. The summed E-state index contributed by atoms with van der Waals surface area (Å²) in [6.45, 7) is 1.99. The van der Waals surface area contributed by atoms with E-state index in [0.29, 0.717) is 6.54 Å². The van der Waals surface area contributed by atoms with Gasteiger partial charge in [0.05, 0.1) is 4.92 Å². The number of nitrogens with one attached hydrogen (secondary N) is 1. The normalized spacial score (nSPS) is 10.7. The van der Waals surface area contributed by atoms with Crippen LogP contribution in [0.1, 0.15) is 12.5 Å². The molecule has 1 rings (SSSR count). The Kier molecular flexibility index (Phi) is 4.64. The molecule has 1 aromatic rings. The second-order valence-electron chi connectivity index (χ2n) is 3.69. The number of hydrogen-bond donors (Lipinski definition) is 3. The van der Waals surface area contributed by atoms with Gasteiger partial charge in [0.15, 0.2) is 5.75 Å². The number of hydrogen-bond acceptors (Lipinski definition) is 6. The van der Waals surface area contributed by atoms with Crippen LogP contribution >= 0.6 is 0 Å².